The zero-order chi connectivity index (χ0) is 12.6. The second-order valence-corrected chi connectivity index (χ2v) is 6.46. The summed E-state index contributed by atoms with van der Waals surface area (Å²) in [4.78, 5) is 1.15. The number of aromatic nitrogens is 2. The number of hydrogen-bond acceptors (Lipinski definition) is 4. The molecule has 0 saturated heterocycles. The van der Waals surface area contributed by atoms with Gasteiger partial charge in [0, 0.05) is 29.9 Å². The Morgan fingerprint density at radius 3 is 2.83 bits per heavy atom. The molecule has 1 aromatic rings. The van der Waals surface area contributed by atoms with Crippen LogP contribution >= 0.6 is 11.8 Å². The first-order chi connectivity index (χ1) is 8.72. The van der Waals surface area contributed by atoms with Crippen molar-refractivity contribution in [3.05, 3.63) is 12.4 Å². The van der Waals surface area contributed by atoms with Crippen LogP contribution in [0.3, 0.4) is 0 Å². The van der Waals surface area contributed by atoms with Gasteiger partial charge in [-0.25, -0.2) is 0 Å². The van der Waals surface area contributed by atoms with Crippen molar-refractivity contribution in [3.63, 3.8) is 0 Å². The summed E-state index contributed by atoms with van der Waals surface area (Å²) in [6.07, 6.45) is 8.73. The van der Waals surface area contributed by atoms with Gasteiger partial charge >= 0.3 is 0 Å². The molecule has 1 aromatic heterocycles. The van der Waals surface area contributed by atoms with E-state index in [2.05, 4.69) is 16.5 Å². The zero-order valence-electron chi connectivity index (χ0n) is 10.6. The number of aryl methyl sites for hydroxylation is 1. The fraction of sp³-hybridized carbons (Fsp3) is 0.692. The lowest BCUT2D eigenvalue weighted by molar-refractivity contribution is 0.401. The van der Waals surface area contributed by atoms with Crippen LogP contribution in [0, 0.1) is 17.2 Å². The molecule has 0 radical (unpaired) electrons. The van der Waals surface area contributed by atoms with Crippen molar-refractivity contribution >= 4 is 11.8 Å². The van der Waals surface area contributed by atoms with Gasteiger partial charge in [0.2, 0.25) is 0 Å². The molecule has 0 spiro atoms. The highest BCUT2D eigenvalue weighted by Crippen LogP contribution is 2.43. The van der Waals surface area contributed by atoms with Gasteiger partial charge in [0.05, 0.1) is 12.3 Å². The van der Waals surface area contributed by atoms with E-state index in [4.69, 9.17) is 0 Å². The molecule has 2 saturated carbocycles. The van der Waals surface area contributed by atoms with Gasteiger partial charge in [-0.2, -0.15) is 10.4 Å². The Bertz CT molecular complexity index is 470. The Labute approximate surface area is 112 Å². The van der Waals surface area contributed by atoms with E-state index in [1.54, 1.807) is 11.8 Å². The van der Waals surface area contributed by atoms with E-state index in [1.807, 2.05) is 24.1 Å². The number of rotatable bonds is 6. The third-order valence-corrected chi connectivity index (χ3v) is 4.80. The highest BCUT2D eigenvalue weighted by atomic mass is 32.2. The highest BCUT2D eigenvalue weighted by molar-refractivity contribution is 7.99. The summed E-state index contributed by atoms with van der Waals surface area (Å²) in [6.45, 7) is 0. The van der Waals surface area contributed by atoms with Crippen LogP contribution in [0.4, 0.5) is 0 Å². The second kappa shape index (κ2) is 4.60. The Morgan fingerprint density at radius 1 is 1.56 bits per heavy atom. The fourth-order valence-electron chi connectivity index (χ4n) is 2.27. The summed E-state index contributed by atoms with van der Waals surface area (Å²) in [5.41, 5.74) is -0.318. The minimum absolute atomic E-state index is 0.318. The molecule has 0 amide bonds. The summed E-state index contributed by atoms with van der Waals surface area (Å²) >= 11 is 1.74. The Hall–Kier alpha value is -0.990. The van der Waals surface area contributed by atoms with Crippen LogP contribution in [-0.4, -0.2) is 27.1 Å². The molecule has 96 valence electrons. The lowest BCUT2D eigenvalue weighted by atomic mass is 9.97. The van der Waals surface area contributed by atoms with Crippen LogP contribution in [0.2, 0.25) is 0 Å². The van der Waals surface area contributed by atoms with Crippen molar-refractivity contribution in [1.29, 1.82) is 5.26 Å². The first-order valence-electron chi connectivity index (χ1n) is 6.52. The van der Waals surface area contributed by atoms with Gasteiger partial charge in [-0.05, 0) is 31.6 Å². The van der Waals surface area contributed by atoms with Crippen LogP contribution < -0.4 is 5.32 Å². The van der Waals surface area contributed by atoms with Gasteiger partial charge in [-0.3, -0.25) is 10.00 Å². The van der Waals surface area contributed by atoms with E-state index in [-0.39, 0.29) is 5.54 Å². The van der Waals surface area contributed by atoms with Crippen LogP contribution in [0.5, 0.6) is 0 Å². The van der Waals surface area contributed by atoms with Crippen LogP contribution in [0.15, 0.2) is 17.3 Å². The molecule has 4 nitrogen and oxygen atoms in total. The third kappa shape index (κ3) is 2.55. The van der Waals surface area contributed by atoms with Gasteiger partial charge in [-0.15, -0.1) is 11.8 Å². The van der Waals surface area contributed by atoms with Crippen molar-refractivity contribution < 1.29 is 0 Å². The Balaban J connectivity index is 1.67. The van der Waals surface area contributed by atoms with Crippen LogP contribution in [0.25, 0.3) is 0 Å². The van der Waals surface area contributed by atoms with Gasteiger partial charge in [0.15, 0.2) is 0 Å². The number of nitriles is 1. The first-order valence-corrected chi connectivity index (χ1v) is 7.51. The summed E-state index contributed by atoms with van der Waals surface area (Å²) < 4.78 is 1.81. The van der Waals surface area contributed by atoms with Gasteiger partial charge in [0.1, 0.15) is 5.54 Å². The lowest BCUT2D eigenvalue weighted by Gasteiger charge is -2.27. The molecule has 1 atom stereocenters. The third-order valence-electron chi connectivity index (χ3n) is 3.66. The lowest BCUT2D eigenvalue weighted by Crippen LogP contribution is -2.49. The average Bonchev–Trinajstić information content (AvgIpc) is 3.25. The van der Waals surface area contributed by atoms with Crippen molar-refractivity contribution in [3.8, 4) is 6.07 Å². The minimum atomic E-state index is -0.318. The molecule has 3 rings (SSSR count). The predicted octanol–water partition coefficient (Wildman–Crippen LogP) is 1.94. The Morgan fingerprint density at radius 2 is 2.33 bits per heavy atom. The zero-order valence-corrected chi connectivity index (χ0v) is 11.4. The smallest absolute Gasteiger partial charge is 0.119 e. The molecular formula is C13H18N4S. The number of nitrogens with zero attached hydrogens (tertiary/aromatic N) is 3. The van der Waals surface area contributed by atoms with E-state index in [0.717, 1.165) is 10.6 Å². The van der Waals surface area contributed by atoms with Crippen molar-refractivity contribution in [1.82, 2.24) is 15.1 Å². The molecule has 5 heteroatoms. The largest absolute Gasteiger partial charge is 0.296 e. The van der Waals surface area contributed by atoms with Gasteiger partial charge in [0.25, 0.3) is 0 Å². The molecule has 0 bridgehead atoms. The topological polar surface area (TPSA) is 53.6 Å². The SMILES string of the molecule is Cn1cc(SCC(C#N)(NC2CC2)C2CC2)cn1. The first kappa shape index (κ1) is 12.1. The quantitative estimate of drug-likeness (QED) is 0.796. The van der Waals surface area contributed by atoms with Crippen molar-refractivity contribution in [2.75, 3.05) is 5.75 Å². The van der Waals surface area contributed by atoms with Gasteiger partial charge in [-0.1, -0.05) is 0 Å². The molecule has 0 aliphatic heterocycles. The number of thioether (sulfide) groups is 1. The van der Waals surface area contributed by atoms with E-state index in [1.165, 1.54) is 25.7 Å². The van der Waals surface area contributed by atoms with E-state index in [0.29, 0.717) is 12.0 Å². The minimum Gasteiger partial charge on any atom is -0.296 e. The second-order valence-electron chi connectivity index (χ2n) is 5.41. The standard InChI is InChI=1S/C13H18N4S/c1-17-7-12(6-15-17)18-9-13(8-14,10-2-3-10)16-11-4-5-11/h6-7,10-11,16H,2-5,9H2,1H3. The molecule has 2 aliphatic carbocycles. The summed E-state index contributed by atoms with van der Waals surface area (Å²) in [5, 5.41) is 17.4. The van der Waals surface area contributed by atoms with Crippen molar-refractivity contribution in [2.45, 2.75) is 42.2 Å². The van der Waals surface area contributed by atoms with Crippen molar-refractivity contribution in [2.24, 2.45) is 13.0 Å². The molecule has 1 unspecified atom stereocenters. The summed E-state index contributed by atoms with van der Waals surface area (Å²) in [7, 11) is 1.92. The molecule has 1 N–H and O–H groups in total. The van der Waals surface area contributed by atoms with Crippen LogP contribution in [-0.2, 0) is 7.05 Å². The molecule has 2 fully saturated rings. The predicted molar refractivity (Wildman–Crippen MR) is 71.2 cm³/mol. The van der Waals surface area contributed by atoms with Gasteiger partial charge < -0.3 is 0 Å². The number of nitrogens with one attached hydrogen (secondary N) is 1. The Kier molecular flexibility index (Phi) is 3.08. The maximum atomic E-state index is 9.60. The molecule has 0 aromatic carbocycles. The summed E-state index contributed by atoms with van der Waals surface area (Å²) in [6, 6.07) is 3.15. The monoisotopic (exact) mass is 262 g/mol. The maximum Gasteiger partial charge on any atom is 0.119 e. The van der Waals surface area contributed by atoms with E-state index >= 15 is 0 Å². The normalized spacial score (nSPS) is 22.4. The van der Waals surface area contributed by atoms with Crippen LogP contribution in [0.1, 0.15) is 25.7 Å². The molecule has 2 aliphatic rings. The highest BCUT2D eigenvalue weighted by Gasteiger charge is 2.48. The van der Waals surface area contributed by atoms with E-state index in [9.17, 15) is 5.26 Å². The fourth-order valence-corrected chi connectivity index (χ4v) is 3.40. The summed E-state index contributed by atoms with van der Waals surface area (Å²) in [5.74, 6) is 1.38. The van der Waals surface area contributed by atoms with E-state index < -0.39 is 0 Å². The molecule has 18 heavy (non-hydrogen) atoms. The average molecular weight is 262 g/mol. The molecule has 1 heterocycles. The number of hydrogen-bond donors (Lipinski definition) is 1. The molecular weight excluding hydrogens is 244 g/mol. The maximum absolute atomic E-state index is 9.60.